The molecule has 0 aliphatic rings. The smallest absolute Gasteiger partial charge is 0.235 e. The van der Waals surface area contributed by atoms with Crippen molar-refractivity contribution in [3.05, 3.63) is 29.3 Å². The summed E-state index contributed by atoms with van der Waals surface area (Å²) in [4.78, 5) is 13.7. The van der Waals surface area contributed by atoms with Gasteiger partial charge in [0.15, 0.2) is 0 Å². The molecule has 1 aromatic carbocycles. The Bertz CT molecular complexity index is 384. The Morgan fingerprint density at radius 3 is 2.87 bits per heavy atom. The van der Waals surface area contributed by atoms with Crippen molar-refractivity contribution in [2.75, 3.05) is 6.61 Å². The average Bonchev–Trinajstić information content (AvgIpc) is 2.15. The van der Waals surface area contributed by atoms with Crippen LogP contribution in [0.4, 0.5) is 0 Å². The topological polar surface area (TPSA) is 38.7 Å². The molecule has 1 aromatic rings. The Hall–Kier alpha value is -1.31. The molecule has 1 rings (SSSR count). The number of aliphatic imine (C=N–C) groups is 1. The van der Waals surface area contributed by atoms with Crippen molar-refractivity contribution < 1.29 is 9.53 Å². The number of halogens is 1. The van der Waals surface area contributed by atoms with Crippen molar-refractivity contribution in [1.82, 2.24) is 0 Å². The van der Waals surface area contributed by atoms with Gasteiger partial charge < -0.3 is 4.74 Å². The molecule has 0 aliphatic heterocycles. The standard InChI is InChI=1S/C11H12ClNO2/c1-11(2,13-8-14)7-15-10-5-3-4-9(12)6-10/h3-6H,7H2,1-2H3. The Balaban J connectivity index is 2.61. The van der Waals surface area contributed by atoms with Crippen LogP contribution in [0.2, 0.25) is 5.02 Å². The fourth-order valence-electron chi connectivity index (χ4n) is 0.973. The van der Waals surface area contributed by atoms with Gasteiger partial charge >= 0.3 is 0 Å². The second kappa shape index (κ2) is 4.96. The number of hydrogen-bond acceptors (Lipinski definition) is 3. The Morgan fingerprint density at radius 1 is 1.53 bits per heavy atom. The van der Waals surface area contributed by atoms with Crippen LogP contribution in [-0.2, 0) is 4.79 Å². The maximum absolute atomic E-state index is 10.1. The molecule has 0 amide bonds. The summed E-state index contributed by atoms with van der Waals surface area (Å²) in [6.07, 6.45) is 1.52. The van der Waals surface area contributed by atoms with E-state index in [9.17, 15) is 4.79 Å². The van der Waals surface area contributed by atoms with Gasteiger partial charge in [0.25, 0.3) is 0 Å². The highest BCUT2D eigenvalue weighted by molar-refractivity contribution is 6.30. The first-order valence-electron chi connectivity index (χ1n) is 4.51. The van der Waals surface area contributed by atoms with E-state index >= 15 is 0 Å². The third-order valence-electron chi connectivity index (χ3n) is 1.74. The molecule has 0 saturated heterocycles. The van der Waals surface area contributed by atoms with Gasteiger partial charge in [-0.3, -0.25) is 0 Å². The van der Waals surface area contributed by atoms with Gasteiger partial charge in [-0.25, -0.2) is 4.79 Å². The summed E-state index contributed by atoms with van der Waals surface area (Å²) in [5.41, 5.74) is -0.565. The number of carbonyl (C=O) groups excluding carboxylic acids is 1. The zero-order valence-electron chi connectivity index (χ0n) is 8.66. The first-order chi connectivity index (χ1) is 7.03. The van der Waals surface area contributed by atoms with Crippen LogP contribution in [-0.4, -0.2) is 18.2 Å². The average molecular weight is 226 g/mol. The Labute approximate surface area is 93.7 Å². The van der Waals surface area contributed by atoms with Gasteiger partial charge in [-0.2, -0.15) is 4.99 Å². The molecule has 15 heavy (non-hydrogen) atoms. The van der Waals surface area contributed by atoms with E-state index in [2.05, 4.69) is 4.99 Å². The highest BCUT2D eigenvalue weighted by Gasteiger charge is 2.17. The quantitative estimate of drug-likeness (QED) is 0.584. The lowest BCUT2D eigenvalue weighted by atomic mass is 10.1. The third-order valence-corrected chi connectivity index (χ3v) is 1.97. The molecule has 4 heteroatoms. The lowest BCUT2D eigenvalue weighted by molar-refractivity contribution is 0.244. The molecule has 80 valence electrons. The number of nitrogens with zero attached hydrogens (tertiary/aromatic N) is 1. The van der Waals surface area contributed by atoms with E-state index in [1.165, 1.54) is 6.08 Å². The van der Waals surface area contributed by atoms with E-state index in [0.717, 1.165) is 0 Å². The molecule has 0 saturated carbocycles. The van der Waals surface area contributed by atoms with Gasteiger partial charge in [-0.15, -0.1) is 0 Å². The first-order valence-corrected chi connectivity index (χ1v) is 4.89. The summed E-state index contributed by atoms with van der Waals surface area (Å²) in [5, 5.41) is 0.615. The monoisotopic (exact) mass is 225 g/mol. The van der Waals surface area contributed by atoms with Gasteiger partial charge in [0.05, 0.1) is 0 Å². The van der Waals surface area contributed by atoms with Crippen LogP contribution in [0.25, 0.3) is 0 Å². The highest BCUT2D eigenvalue weighted by Crippen LogP contribution is 2.19. The second-order valence-electron chi connectivity index (χ2n) is 3.76. The number of rotatable bonds is 4. The van der Waals surface area contributed by atoms with Crippen LogP contribution in [0, 0.1) is 0 Å². The van der Waals surface area contributed by atoms with E-state index in [-0.39, 0.29) is 0 Å². The largest absolute Gasteiger partial charge is 0.491 e. The van der Waals surface area contributed by atoms with Crippen LogP contribution < -0.4 is 4.74 Å². The first kappa shape index (κ1) is 11.8. The molecule has 0 radical (unpaired) electrons. The number of benzene rings is 1. The third kappa shape index (κ3) is 4.15. The SMILES string of the molecule is CC(C)(COc1cccc(Cl)c1)N=C=O. The maximum Gasteiger partial charge on any atom is 0.235 e. The predicted octanol–water partition coefficient (Wildman–Crippen LogP) is 2.83. The summed E-state index contributed by atoms with van der Waals surface area (Å²) in [5.74, 6) is 0.664. The zero-order valence-corrected chi connectivity index (χ0v) is 9.41. The van der Waals surface area contributed by atoms with Gasteiger partial charge in [-0.1, -0.05) is 17.7 Å². The van der Waals surface area contributed by atoms with Crippen molar-refractivity contribution >= 4 is 17.7 Å². The minimum atomic E-state index is -0.565. The molecule has 3 nitrogen and oxygen atoms in total. The van der Waals surface area contributed by atoms with Crippen molar-refractivity contribution in [2.45, 2.75) is 19.4 Å². The fraction of sp³-hybridized carbons (Fsp3) is 0.364. The Kier molecular flexibility index (Phi) is 3.89. The molecular weight excluding hydrogens is 214 g/mol. The van der Waals surface area contributed by atoms with Crippen molar-refractivity contribution in [2.24, 2.45) is 4.99 Å². The maximum atomic E-state index is 10.1. The summed E-state index contributed by atoms with van der Waals surface area (Å²) in [7, 11) is 0. The van der Waals surface area contributed by atoms with Crippen LogP contribution >= 0.6 is 11.6 Å². The normalized spacial score (nSPS) is 10.6. The van der Waals surface area contributed by atoms with E-state index in [0.29, 0.717) is 17.4 Å². The summed E-state index contributed by atoms with van der Waals surface area (Å²) in [6.45, 7) is 3.90. The van der Waals surface area contributed by atoms with Gasteiger partial charge in [-0.05, 0) is 32.0 Å². The fourth-order valence-corrected chi connectivity index (χ4v) is 1.15. The van der Waals surface area contributed by atoms with E-state index in [1.54, 1.807) is 38.1 Å². The van der Waals surface area contributed by atoms with Crippen molar-refractivity contribution in [1.29, 1.82) is 0 Å². The lowest BCUT2D eigenvalue weighted by Gasteiger charge is -2.17. The van der Waals surface area contributed by atoms with Crippen LogP contribution in [0.1, 0.15) is 13.8 Å². The molecule has 0 aliphatic carbocycles. The Morgan fingerprint density at radius 2 is 2.27 bits per heavy atom. The van der Waals surface area contributed by atoms with Gasteiger partial charge in [0, 0.05) is 5.02 Å². The van der Waals surface area contributed by atoms with Crippen LogP contribution in [0.15, 0.2) is 29.3 Å². The van der Waals surface area contributed by atoms with Crippen LogP contribution in [0.3, 0.4) is 0 Å². The molecule has 0 atom stereocenters. The van der Waals surface area contributed by atoms with E-state index in [4.69, 9.17) is 16.3 Å². The summed E-state index contributed by atoms with van der Waals surface area (Å²) < 4.78 is 5.45. The minimum absolute atomic E-state index is 0.308. The van der Waals surface area contributed by atoms with Crippen molar-refractivity contribution in [3.63, 3.8) is 0 Å². The molecular formula is C11H12ClNO2. The zero-order chi connectivity index (χ0) is 11.3. The number of hydrogen-bond donors (Lipinski definition) is 0. The van der Waals surface area contributed by atoms with E-state index < -0.39 is 5.54 Å². The minimum Gasteiger partial charge on any atom is -0.491 e. The summed E-state index contributed by atoms with van der Waals surface area (Å²) in [6, 6.07) is 7.08. The highest BCUT2D eigenvalue weighted by atomic mass is 35.5. The molecule has 0 N–H and O–H groups in total. The van der Waals surface area contributed by atoms with Crippen molar-refractivity contribution in [3.8, 4) is 5.75 Å². The van der Waals surface area contributed by atoms with Crippen LogP contribution in [0.5, 0.6) is 5.75 Å². The molecule has 0 heterocycles. The molecule has 0 spiro atoms. The summed E-state index contributed by atoms with van der Waals surface area (Å²) >= 11 is 5.79. The predicted molar refractivity (Wildman–Crippen MR) is 59.1 cm³/mol. The lowest BCUT2D eigenvalue weighted by Crippen LogP contribution is -2.26. The molecule has 0 fully saturated rings. The van der Waals surface area contributed by atoms with Gasteiger partial charge in [0.2, 0.25) is 6.08 Å². The molecule has 0 aromatic heterocycles. The van der Waals surface area contributed by atoms with Gasteiger partial charge in [0.1, 0.15) is 17.9 Å². The molecule has 0 unspecified atom stereocenters. The number of ether oxygens (including phenoxy) is 1. The second-order valence-corrected chi connectivity index (χ2v) is 4.20. The van der Waals surface area contributed by atoms with E-state index in [1.807, 2.05) is 0 Å². The number of isocyanates is 1. The molecule has 0 bridgehead atoms.